The fraction of sp³-hybridized carbons (Fsp3) is 0.500. The second-order valence-corrected chi connectivity index (χ2v) is 4.08. The van der Waals surface area contributed by atoms with Crippen LogP contribution >= 0.6 is 0 Å². The van der Waals surface area contributed by atoms with Crippen molar-refractivity contribution in [1.29, 1.82) is 0 Å². The van der Waals surface area contributed by atoms with E-state index >= 15 is 0 Å². The summed E-state index contributed by atoms with van der Waals surface area (Å²) in [5, 5.41) is 5.69. The Balaban J connectivity index is 2.68. The van der Waals surface area contributed by atoms with Gasteiger partial charge in [-0.3, -0.25) is 9.78 Å². The van der Waals surface area contributed by atoms with E-state index in [0.29, 0.717) is 6.54 Å². The fourth-order valence-corrected chi connectivity index (χ4v) is 1.62. The van der Waals surface area contributed by atoms with Gasteiger partial charge in [0.1, 0.15) is 0 Å². The summed E-state index contributed by atoms with van der Waals surface area (Å²) >= 11 is 0. The lowest BCUT2D eigenvalue weighted by molar-refractivity contribution is -0.123. The smallest absolute Gasteiger partial charge is 0.224 e. The average Bonchev–Trinajstić information content (AvgIpc) is 2.37. The second kappa shape index (κ2) is 6.08. The zero-order chi connectivity index (χ0) is 12.8. The summed E-state index contributed by atoms with van der Waals surface area (Å²) in [4.78, 5) is 17.6. The molecule has 5 nitrogen and oxygen atoms in total. The summed E-state index contributed by atoms with van der Waals surface area (Å²) in [6, 6.07) is 2.00. The van der Waals surface area contributed by atoms with Gasteiger partial charge in [0.2, 0.25) is 5.91 Å². The minimum atomic E-state index is -0.0526. The van der Waals surface area contributed by atoms with Crippen molar-refractivity contribution in [2.24, 2.45) is 5.92 Å². The van der Waals surface area contributed by atoms with Crippen molar-refractivity contribution in [3.63, 3.8) is 0 Å². The van der Waals surface area contributed by atoms with Gasteiger partial charge in [0, 0.05) is 27.7 Å². The van der Waals surface area contributed by atoms with E-state index in [-0.39, 0.29) is 11.8 Å². The number of hydrogen-bond donors (Lipinski definition) is 2. The Kier molecular flexibility index (Phi) is 4.75. The van der Waals surface area contributed by atoms with Gasteiger partial charge in [0.05, 0.1) is 29.7 Å². The highest BCUT2D eigenvalue weighted by molar-refractivity contribution is 5.78. The van der Waals surface area contributed by atoms with Crippen LogP contribution in [-0.4, -0.2) is 38.6 Å². The Morgan fingerprint density at radius 2 is 2.18 bits per heavy atom. The van der Waals surface area contributed by atoms with Crippen LogP contribution in [-0.2, 0) is 4.79 Å². The molecule has 0 aliphatic carbocycles. The van der Waals surface area contributed by atoms with Crippen LogP contribution in [0.1, 0.15) is 6.92 Å². The molecule has 5 heteroatoms. The Labute approximate surface area is 102 Å². The zero-order valence-electron chi connectivity index (χ0n) is 10.8. The normalized spacial score (nSPS) is 11.8. The minimum absolute atomic E-state index is 0.0505. The topological polar surface area (TPSA) is 57.3 Å². The molecule has 0 fully saturated rings. The van der Waals surface area contributed by atoms with Crippen LogP contribution in [0.4, 0.5) is 11.4 Å². The van der Waals surface area contributed by atoms with E-state index in [4.69, 9.17) is 0 Å². The monoisotopic (exact) mass is 236 g/mol. The molecular weight excluding hydrogens is 216 g/mol. The highest BCUT2D eigenvalue weighted by Crippen LogP contribution is 2.17. The maximum absolute atomic E-state index is 11.4. The van der Waals surface area contributed by atoms with E-state index in [0.717, 1.165) is 11.4 Å². The SMILES string of the molecule is CNC(=O)C(C)CN(C)c1cncc(NC)c1. The molecule has 2 N–H and O–H groups in total. The van der Waals surface area contributed by atoms with Gasteiger partial charge in [-0.1, -0.05) is 6.92 Å². The first-order valence-corrected chi connectivity index (χ1v) is 5.64. The number of aromatic nitrogens is 1. The first kappa shape index (κ1) is 13.3. The Morgan fingerprint density at radius 3 is 2.76 bits per heavy atom. The van der Waals surface area contributed by atoms with Gasteiger partial charge < -0.3 is 15.5 Å². The van der Waals surface area contributed by atoms with E-state index in [1.807, 2.05) is 32.0 Å². The van der Waals surface area contributed by atoms with Crippen LogP contribution in [0.3, 0.4) is 0 Å². The molecule has 0 bridgehead atoms. The molecule has 1 atom stereocenters. The molecule has 17 heavy (non-hydrogen) atoms. The summed E-state index contributed by atoms with van der Waals surface area (Å²) in [6.45, 7) is 2.57. The van der Waals surface area contributed by atoms with Crippen molar-refractivity contribution in [2.45, 2.75) is 6.92 Å². The quantitative estimate of drug-likeness (QED) is 0.799. The molecule has 1 aromatic rings. The van der Waals surface area contributed by atoms with Crippen molar-refractivity contribution in [3.05, 3.63) is 18.5 Å². The molecule has 0 spiro atoms. The molecule has 1 unspecified atom stereocenters. The number of rotatable bonds is 5. The molecule has 1 amide bonds. The van der Waals surface area contributed by atoms with Crippen molar-refractivity contribution in [2.75, 3.05) is 37.9 Å². The summed E-state index contributed by atoms with van der Waals surface area (Å²) in [5.41, 5.74) is 1.95. The lowest BCUT2D eigenvalue weighted by atomic mass is 10.1. The summed E-state index contributed by atoms with van der Waals surface area (Å²) in [5.74, 6) is -0.00202. The van der Waals surface area contributed by atoms with Crippen LogP contribution < -0.4 is 15.5 Å². The second-order valence-electron chi connectivity index (χ2n) is 4.08. The predicted molar refractivity (Wildman–Crippen MR) is 70.3 cm³/mol. The number of pyridine rings is 1. The molecule has 0 radical (unpaired) electrons. The summed E-state index contributed by atoms with van der Waals surface area (Å²) in [6.07, 6.45) is 3.55. The molecule has 0 aliphatic heterocycles. The lowest BCUT2D eigenvalue weighted by Gasteiger charge is -2.22. The van der Waals surface area contributed by atoms with Gasteiger partial charge in [-0.25, -0.2) is 0 Å². The van der Waals surface area contributed by atoms with Gasteiger partial charge in [0.25, 0.3) is 0 Å². The molecule has 0 saturated carbocycles. The van der Waals surface area contributed by atoms with E-state index in [1.165, 1.54) is 0 Å². The van der Waals surface area contributed by atoms with Crippen LogP contribution in [0.2, 0.25) is 0 Å². The number of carbonyl (C=O) groups excluding carboxylic acids is 1. The zero-order valence-corrected chi connectivity index (χ0v) is 10.8. The highest BCUT2D eigenvalue weighted by Gasteiger charge is 2.14. The average molecular weight is 236 g/mol. The number of nitrogens with one attached hydrogen (secondary N) is 2. The molecule has 0 saturated heterocycles. The standard InChI is InChI=1S/C12H20N4O/c1-9(12(17)14-3)8-16(4)11-5-10(13-2)6-15-7-11/h5-7,9,13H,8H2,1-4H3,(H,14,17). The highest BCUT2D eigenvalue weighted by atomic mass is 16.1. The van der Waals surface area contributed by atoms with Gasteiger partial charge in [-0.15, -0.1) is 0 Å². The maximum Gasteiger partial charge on any atom is 0.224 e. The number of nitrogens with zero attached hydrogens (tertiary/aromatic N) is 2. The first-order valence-electron chi connectivity index (χ1n) is 5.64. The Bertz CT molecular complexity index is 381. The molecule has 94 valence electrons. The summed E-state index contributed by atoms with van der Waals surface area (Å²) < 4.78 is 0. The number of anilines is 2. The third-order valence-electron chi connectivity index (χ3n) is 2.69. The Morgan fingerprint density at radius 1 is 1.47 bits per heavy atom. The fourth-order valence-electron chi connectivity index (χ4n) is 1.62. The lowest BCUT2D eigenvalue weighted by Crippen LogP contribution is -2.34. The Hall–Kier alpha value is -1.78. The van der Waals surface area contributed by atoms with Gasteiger partial charge in [-0.2, -0.15) is 0 Å². The van der Waals surface area contributed by atoms with Gasteiger partial charge >= 0.3 is 0 Å². The third kappa shape index (κ3) is 3.62. The molecular formula is C12H20N4O. The van der Waals surface area contributed by atoms with Gasteiger partial charge in [0.15, 0.2) is 0 Å². The summed E-state index contributed by atoms with van der Waals surface area (Å²) in [7, 11) is 5.46. The maximum atomic E-state index is 11.4. The molecule has 0 aliphatic rings. The van der Waals surface area contributed by atoms with E-state index < -0.39 is 0 Å². The third-order valence-corrected chi connectivity index (χ3v) is 2.69. The number of hydrogen-bond acceptors (Lipinski definition) is 4. The predicted octanol–water partition coefficient (Wildman–Crippen LogP) is 0.942. The molecule has 1 aromatic heterocycles. The molecule has 0 aromatic carbocycles. The van der Waals surface area contributed by atoms with Crippen LogP contribution in [0.25, 0.3) is 0 Å². The van der Waals surface area contributed by atoms with E-state index in [1.54, 1.807) is 19.4 Å². The van der Waals surface area contributed by atoms with E-state index in [2.05, 4.69) is 15.6 Å². The van der Waals surface area contributed by atoms with Crippen LogP contribution in [0.15, 0.2) is 18.5 Å². The van der Waals surface area contributed by atoms with Crippen molar-refractivity contribution >= 4 is 17.3 Å². The molecule has 1 heterocycles. The van der Waals surface area contributed by atoms with E-state index in [9.17, 15) is 4.79 Å². The van der Waals surface area contributed by atoms with Crippen LogP contribution in [0.5, 0.6) is 0 Å². The van der Waals surface area contributed by atoms with Crippen molar-refractivity contribution in [1.82, 2.24) is 10.3 Å². The van der Waals surface area contributed by atoms with Crippen molar-refractivity contribution < 1.29 is 4.79 Å². The van der Waals surface area contributed by atoms with Crippen LogP contribution in [0, 0.1) is 5.92 Å². The largest absolute Gasteiger partial charge is 0.387 e. The van der Waals surface area contributed by atoms with Gasteiger partial charge in [-0.05, 0) is 6.07 Å². The minimum Gasteiger partial charge on any atom is -0.387 e. The number of amides is 1. The number of carbonyl (C=O) groups is 1. The first-order chi connectivity index (χ1) is 8.08. The molecule has 1 rings (SSSR count). The van der Waals surface area contributed by atoms with Crippen molar-refractivity contribution in [3.8, 4) is 0 Å².